The first kappa shape index (κ1) is 78.0. The third-order valence-electron chi connectivity index (χ3n) is 24.8. The highest BCUT2D eigenvalue weighted by Gasteiger charge is 2.75. The van der Waals surface area contributed by atoms with Gasteiger partial charge in [0.15, 0.2) is 37.4 Å². The third kappa shape index (κ3) is 13.4. The number of esters is 2. The van der Waals surface area contributed by atoms with Crippen LogP contribution in [-0.2, 0) is 66.5 Å². The Kier molecular flexibility index (Phi) is 22.8. The maximum Gasteiger partial charge on any atom is 0.331 e. The van der Waals surface area contributed by atoms with Crippen molar-refractivity contribution in [3.05, 3.63) is 47.6 Å². The summed E-state index contributed by atoms with van der Waals surface area (Å²) >= 11 is 0. The summed E-state index contributed by atoms with van der Waals surface area (Å²) in [4.78, 5) is 44.5. The van der Waals surface area contributed by atoms with Gasteiger partial charge < -0.3 is 144 Å². The minimum atomic E-state index is -2.17. The van der Waals surface area contributed by atoms with E-state index in [9.17, 15) is 96.4 Å². The largest absolute Gasteiger partial charge is 0.497 e. The number of aliphatic hydroxyl groups excluding tert-OH is 16. The summed E-state index contributed by atoms with van der Waals surface area (Å²) in [6, 6.07) is 6.57. The van der Waals surface area contributed by atoms with Crippen LogP contribution in [0, 0.1) is 50.2 Å². The second-order valence-corrected chi connectivity index (χ2v) is 31.1. The van der Waals surface area contributed by atoms with Crippen LogP contribution in [-0.4, -0.2) is 304 Å². The van der Waals surface area contributed by atoms with Crippen molar-refractivity contribution < 1.29 is 158 Å². The molecule has 101 heavy (non-hydrogen) atoms. The van der Waals surface area contributed by atoms with Crippen LogP contribution in [0.25, 0.3) is 6.08 Å². The molecule has 0 spiro atoms. The van der Waals surface area contributed by atoms with Crippen molar-refractivity contribution >= 4 is 24.0 Å². The minimum absolute atomic E-state index is 0.0180. The van der Waals surface area contributed by atoms with Crippen molar-refractivity contribution in [1.82, 2.24) is 0 Å². The zero-order valence-electron chi connectivity index (χ0n) is 57.6. The number of hydrogen-bond donors (Lipinski definition) is 17. The zero-order chi connectivity index (χ0) is 73.7. The molecular weight excluding hydrogens is 1340 g/mol. The van der Waals surface area contributed by atoms with Gasteiger partial charge in [-0.1, -0.05) is 51.5 Å². The number of rotatable bonds is 18. The number of carboxylic acids is 1. The number of carbonyl (C=O) groups excluding carboxylic acids is 2. The van der Waals surface area contributed by atoms with Gasteiger partial charge in [0.1, 0.15) is 109 Å². The van der Waals surface area contributed by atoms with Crippen molar-refractivity contribution in [2.24, 2.45) is 50.2 Å². The Labute approximate surface area is 582 Å². The highest BCUT2D eigenvalue weighted by atomic mass is 16.8. The molecule has 1 unspecified atom stereocenters. The molecule has 0 bridgehead atoms. The molecule has 5 aliphatic carbocycles. The molecule has 35 atom stereocenters. The quantitative estimate of drug-likeness (QED) is 0.0297. The number of ether oxygens (including phenoxy) is 12. The average Bonchev–Trinajstić information content (AvgIpc) is 0.667. The number of carbonyl (C=O) groups is 3. The number of aliphatic hydroxyl groups is 16. The van der Waals surface area contributed by atoms with Crippen LogP contribution in [0.3, 0.4) is 0 Å². The summed E-state index contributed by atoms with van der Waals surface area (Å²) < 4.78 is 72.9. The fourth-order valence-electron chi connectivity index (χ4n) is 19.2. The van der Waals surface area contributed by atoms with E-state index in [1.807, 2.05) is 33.8 Å². The molecule has 10 aliphatic rings. The summed E-state index contributed by atoms with van der Waals surface area (Å²) in [5.41, 5.74) is -6.55. The van der Waals surface area contributed by atoms with E-state index in [4.69, 9.17) is 56.8 Å². The van der Waals surface area contributed by atoms with Crippen LogP contribution in [0.2, 0.25) is 0 Å². The highest BCUT2D eigenvalue weighted by molar-refractivity contribution is 5.87. The van der Waals surface area contributed by atoms with E-state index < -0.39 is 260 Å². The minimum Gasteiger partial charge on any atom is -0.497 e. The lowest BCUT2D eigenvalue weighted by atomic mass is 9.33. The molecule has 11 rings (SSSR count). The van der Waals surface area contributed by atoms with E-state index in [2.05, 4.69) is 0 Å². The standard InChI is InChI=1S/C69H102O32/c1-28-52(97-57-48(83)42(77)35(74)26-91-57)47(82)51(86)58(92-28)99-55-54(98-59-49(84)45(80)43(78)36(24-70)94-59)53(96-41(76)16-11-30-9-12-31(90-8)13-10-30)29(2)93-61(55)101-63(89)69-20-19-68(27-72)32(33(69)21-64(3,4)23-40(69)75)14-15-38-65(5)22-34(73)56(67(7,62(87)88)39(65)17-18-66(38,68)6)100-60-50(85)46(81)44(79)37(25-71)95-60/h9-14,16,28-29,33-40,42-61,70-75,77-86H,15,17-27H2,1-8H3,(H,87,88)/b16-11+/t28-,29+,33-,34-,35+,36+,37+,38+,39?,40+,42-,43+,44+,45-,46-,47-,48+,49+,50+,51+,52-,53-,54-,55+,56-,57-,58-,59-,60-,61-,65+,66+,67-,68-,69-/m0/s1. The van der Waals surface area contributed by atoms with E-state index in [0.29, 0.717) is 16.9 Å². The van der Waals surface area contributed by atoms with E-state index in [0.717, 1.165) is 6.08 Å². The number of aliphatic carboxylic acids is 1. The number of benzene rings is 1. The SMILES string of the molecule is COc1ccc(/C=C/C(=O)O[C@@H]2[C@H](O[C@@H]3O[C@H](CO)[C@@H](O)[C@H](O)[C@H]3O)[C@@H](O[C@@H]3O[C@@H](C)[C@H](O[C@@H]4OC[C@@H](O)[C@H](O)[C@H]4O)[C@@H](O)[C@H]3O)[C@H](OC(=O)[C@@]34CC[C@]5(CO)C(=CC[C@@H]6[C@@]7(C)C[C@H](O)[C@H](O[C@@H]8O[C@H](CO)[C@@H](O)[C@H](O)[C@H]8O)[C@@](C)(C(=O)O)C7CC[C@]65C)[C@@H]3CC(C)(C)C[C@H]4O)O[C@@H]2C)cc1. The maximum atomic E-state index is 16.3. The Morgan fingerprint density at radius 1 is 0.574 bits per heavy atom. The molecule has 1 aromatic rings. The van der Waals surface area contributed by atoms with Gasteiger partial charge in [-0.05, 0) is 130 Å². The van der Waals surface area contributed by atoms with Gasteiger partial charge in [-0.25, -0.2) is 4.79 Å². The summed E-state index contributed by atoms with van der Waals surface area (Å²) in [5, 5.41) is 191. The predicted molar refractivity (Wildman–Crippen MR) is 339 cm³/mol. The van der Waals surface area contributed by atoms with Crippen LogP contribution in [0.4, 0.5) is 0 Å². The molecule has 32 heteroatoms. The second kappa shape index (κ2) is 29.6. The Hall–Kier alpha value is -4.09. The maximum absolute atomic E-state index is 16.3. The third-order valence-corrected chi connectivity index (χ3v) is 24.8. The first-order valence-electron chi connectivity index (χ1n) is 34.7. The molecule has 4 saturated carbocycles. The lowest BCUT2D eigenvalue weighted by Crippen LogP contribution is -2.71. The smallest absolute Gasteiger partial charge is 0.331 e. The molecule has 0 amide bonds. The summed E-state index contributed by atoms with van der Waals surface area (Å²) in [6.45, 7) is 9.28. The summed E-state index contributed by atoms with van der Waals surface area (Å²) in [7, 11) is 1.47. The highest BCUT2D eigenvalue weighted by Crippen LogP contribution is 2.76. The van der Waals surface area contributed by atoms with E-state index in [-0.39, 0.29) is 51.4 Å². The molecule has 5 heterocycles. The van der Waals surface area contributed by atoms with Gasteiger partial charge in [0.2, 0.25) is 6.29 Å². The van der Waals surface area contributed by atoms with Crippen LogP contribution in [0.1, 0.15) is 105 Å². The molecule has 0 radical (unpaired) electrons. The predicted octanol–water partition coefficient (Wildman–Crippen LogP) is -3.27. The molecule has 32 nitrogen and oxygen atoms in total. The van der Waals surface area contributed by atoms with Crippen molar-refractivity contribution in [3.8, 4) is 5.75 Å². The molecule has 5 aliphatic heterocycles. The lowest BCUT2D eigenvalue weighted by Gasteiger charge is -2.71. The molecular formula is C69H102O32. The van der Waals surface area contributed by atoms with Crippen molar-refractivity contribution in [3.63, 3.8) is 0 Å². The number of methoxy groups -OCH3 is 1. The van der Waals surface area contributed by atoms with Gasteiger partial charge in [-0.15, -0.1) is 0 Å². The van der Waals surface area contributed by atoms with Gasteiger partial charge in [0.05, 0.1) is 63.4 Å². The Morgan fingerprint density at radius 3 is 1.74 bits per heavy atom. The number of hydrogen-bond acceptors (Lipinski definition) is 31. The molecule has 5 saturated heterocycles. The Bertz CT molecular complexity index is 3140. The normalized spacial score (nSPS) is 49.8. The number of carboxylic acid groups (broad SMARTS) is 1. The van der Waals surface area contributed by atoms with Gasteiger partial charge in [0.25, 0.3) is 0 Å². The molecule has 1 aromatic carbocycles. The van der Waals surface area contributed by atoms with Crippen molar-refractivity contribution in [2.75, 3.05) is 33.5 Å². The van der Waals surface area contributed by atoms with Crippen LogP contribution in [0.15, 0.2) is 42.0 Å². The molecule has 17 N–H and O–H groups in total. The average molecular weight is 1440 g/mol. The number of fused-ring (bicyclic) bond motifs is 7. The zero-order valence-corrected chi connectivity index (χ0v) is 57.6. The Balaban J connectivity index is 0.952. The first-order valence-corrected chi connectivity index (χ1v) is 34.7. The topological polar surface area (TPSA) is 506 Å². The monoisotopic (exact) mass is 1440 g/mol. The van der Waals surface area contributed by atoms with Crippen molar-refractivity contribution in [2.45, 2.75) is 266 Å². The first-order chi connectivity index (χ1) is 47.5. The molecule has 570 valence electrons. The van der Waals surface area contributed by atoms with Gasteiger partial charge >= 0.3 is 17.9 Å². The van der Waals surface area contributed by atoms with Crippen LogP contribution in [0.5, 0.6) is 5.75 Å². The molecule has 0 aromatic heterocycles. The lowest BCUT2D eigenvalue weighted by molar-refractivity contribution is -0.391. The number of allylic oxidation sites excluding steroid dienone is 1. The van der Waals surface area contributed by atoms with E-state index in [1.165, 1.54) is 34.0 Å². The van der Waals surface area contributed by atoms with Gasteiger partial charge in [-0.2, -0.15) is 0 Å². The fraction of sp³-hybridized carbons (Fsp3) is 0.812. The fourth-order valence-corrected chi connectivity index (χ4v) is 19.2. The summed E-state index contributed by atoms with van der Waals surface area (Å²) in [6.07, 6.45) is -43.0. The molecule has 9 fully saturated rings. The van der Waals surface area contributed by atoms with E-state index in [1.54, 1.807) is 24.3 Å². The van der Waals surface area contributed by atoms with Crippen LogP contribution >= 0.6 is 0 Å². The van der Waals surface area contributed by atoms with E-state index >= 15 is 4.79 Å². The van der Waals surface area contributed by atoms with Gasteiger partial charge in [-0.3, -0.25) is 9.59 Å². The van der Waals surface area contributed by atoms with Crippen LogP contribution < -0.4 is 4.74 Å². The van der Waals surface area contributed by atoms with Crippen molar-refractivity contribution in [1.29, 1.82) is 0 Å². The summed E-state index contributed by atoms with van der Waals surface area (Å²) in [5.74, 6) is -5.12. The Morgan fingerprint density at radius 2 is 1.14 bits per heavy atom. The van der Waals surface area contributed by atoms with Gasteiger partial charge in [0, 0.05) is 11.5 Å². The second-order valence-electron chi connectivity index (χ2n) is 31.1.